The van der Waals surface area contributed by atoms with Gasteiger partial charge in [0.1, 0.15) is 5.82 Å². The highest BCUT2D eigenvalue weighted by Gasteiger charge is 2.36. The van der Waals surface area contributed by atoms with Crippen molar-refractivity contribution in [2.75, 3.05) is 13.1 Å². The first kappa shape index (κ1) is 12.9. The molecule has 19 heavy (non-hydrogen) atoms. The van der Waals surface area contributed by atoms with E-state index in [1.54, 1.807) is 0 Å². The lowest BCUT2D eigenvalue weighted by molar-refractivity contribution is 0.283. The number of benzene rings is 1. The van der Waals surface area contributed by atoms with Crippen molar-refractivity contribution in [3.05, 3.63) is 29.0 Å². The third kappa shape index (κ3) is 1.96. The Morgan fingerprint density at radius 1 is 1.47 bits per heavy atom. The van der Waals surface area contributed by atoms with E-state index >= 15 is 0 Å². The summed E-state index contributed by atoms with van der Waals surface area (Å²) in [7, 11) is 2.09. The molecule has 0 bridgehead atoms. The van der Waals surface area contributed by atoms with Gasteiger partial charge in [-0.1, -0.05) is 24.6 Å². The molecule has 1 saturated heterocycles. The molecule has 4 heteroatoms. The topological polar surface area (TPSA) is 29.9 Å². The van der Waals surface area contributed by atoms with Crippen LogP contribution in [0.15, 0.2) is 18.2 Å². The van der Waals surface area contributed by atoms with Crippen molar-refractivity contribution < 1.29 is 0 Å². The standard InChI is InChI=1S/C15H20ClN3/c1-3-15(8-5-9-17-10-15)14-18-12-7-4-6-11(16)13(12)19(14)2/h4,6-7,17H,3,5,8-10H2,1-2H3. The zero-order chi connectivity index (χ0) is 13.5. The van der Waals surface area contributed by atoms with E-state index in [1.165, 1.54) is 18.7 Å². The quantitative estimate of drug-likeness (QED) is 0.913. The van der Waals surface area contributed by atoms with Gasteiger partial charge in [0.05, 0.1) is 16.1 Å². The molecule has 3 nitrogen and oxygen atoms in total. The van der Waals surface area contributed by atoms with Gasteiger partial charge in [-0.25, -0.2) is 4.98 Å². The van der Waals surface area contributed by atoms with Crippen LogP contribution >= 0.6 is 11.6 Å². The highest BCUT2D eigenvalue weighted by molar-refractivity contribution is 6.35. The lowest BCUT2D eigenvalue weighted by Gasteiger charge is -2.36. The number of fused-ring (bicyclic) bond motifs is 1. The second kappa shape index (κ2) is 4.80. The van der Waals surface area contributed by atoms with Crippen LogP contribution in [-0.2, 0) is 12.5 Å². The smallest absolute Gasteiger partial charge is 0.117 e. The van der Waals surface area contributed by atoms with Gasteiger partial charge >= 0.3 is 0 Å². The molecule has 1 fully saturated rings. The molecule has 0 amide bonds. The molecular formula is C15H20ClN3. The van der Waals surface area contributed by atoms with Crippen molar-refractivity contribution >= 4 is 22.6 Å². The average molecular weight is 278 g/mol. The number of nitrogens with zero attached hydrogens (tertiary/aromatic N) is 2. The Morgan fingerprint density at radius 3 is 2.95 bits per heavy atom. The van der Waals surface area contributed by atoms with Crippen molar-refractivity contribution in [3.63, 3.8) is 0 Å². The zero-order valence-corrected chi connectivity index (χ0v) is 12.3. The van der Waals surface area contributed by atoms with Crippen LogP contribution in [0.1, 0.15) is 32.0 Å². The van der Waals surface area contributed by atoms with Crippen LogP contribution in [0.2, 0.25) is 5.02 Å². The second-order valence-electron chi connectivity index (χ2n) is 5.52. The maximum atomic E-state index is 6.33. The van der Waals surface area contributed by atoms with Crippen LogP contribution < -0.4 is 5.32 Å². The van der Waals surface area contributed by atoms with E-state index in [2.05, 4.69) is 23.9 Å². The summed E-state index contributed by atoms with van der Waals surface area (Å²) in [6.45, 7) is 4.39. The summed E-state index contributed by atoms with van der Waals surface area (Å²) < 4.78 is 2.19. The lowest BCUT2D eigenvalue weighted by Crippen LogP contribution is -2.44. The number of hydrogen-bond acceptors (Lipinski definition) is 2. The summed E-state index contributed by atoms with van der Waals surface area (Å²) in [6.07, 6.45) is 3.52. The Balaban J connectivity index is 2.19. The predicted molar refractivity (Wildman–Crippen MR) is 79.8 cm³/mol. The summed E-state index contributed by atoms with van der Waals surface area (Å²) in [5.41, 5.74) is 2.20. The van der Waals surface area contributed by atoms with E-state index in [9.17, 15) is 0 Å². The number of hydrogen-bond donors (Lipinski definition) is 1. The summed E-state index contributed by atoms with van der Waals surface area (Å²) in [6, 6.07) is 5.95. The minimum Gasteiger partial charge on any atom is -0.329 e. The average Bonchev–Trinajstić information content (AvgIpc) is 2.79. The Morgan fingerprint density at radius 2 is 2.32 bits per heavy atom. The fraction of sp³-hybridized carbons (Fsp3) is 0.533. The number of imidazole rings is 1. The molecule has 1 N–H and O–H groups in total. The Hall–Kier alpha value is -1.06. The monoisotopic (exact) mass is 277 g/mol. The second-order valence-corrected chi connectivity index (χ2v) is 5.92. The van der Waals surface area contributed by atoms with Crippen LogP contribution in [0.5, 0.6) is 0 Å². The number of aryl methyl sites for hydroxylation is 1. The van der Waals surface area contributed by atoms with E-state index in [0.29, 0.717) is 0 Å². The first-order valence-corrected chi connectivity index (χ1v) is 7.38. The molecular weight excluding hydrogens is 258 g/mol. The van der Waals surface area contributed by atoms with Crippen LogP contribution in [-0.4, -0.2) is 22.6 Å². The predicted octanol–water partition coefficient (Wildman–Crippen LogP) is 3.26. The van der Waals surface area contributed by atoms with E-state index in [0.717, 1.165) is 35.6 Å². The molecule has 1 aliphatic rings. The van der Waals surface area contributed by atoms with E-state index in [1.807, 2.05) is 18.2 Å². The number of nitrogens with one attached hydrogen (secondary N) is 1. The molecule has 1 atom stereocenters. The summed E-state index contributed by atoms with van der Waals surface area (Å²) in [4.78, 5) is 4.88. The number of rotatable bonds is 2. The summed E-state index contributed by atoms with van der Waals surface area (Å²) >= 11 is 6.33. The third-order valence-corrected chi connectivity index (χ3v) is 4.77. The molecule has 1 aromatic heterocycles. The maximum absolute atomic E-state index is 6.33. The van der Waals surface area contributed by atoms with E-state index < -0.39 is 0 Å². The molecule has 102 valence electrons. The third-order valence-electron chi connectivity index (χ3n) is 4.47. The minimum absolute atomic E-state index is 0.148. The zero-order valence-electron chi connectivity index (χ0n) is 11.5. The van der Waals surface area contributed by atoms with Gasteiger partial charge in [0.25, 0.3) is 0 Å². The number of piperidine rings is 1. The number of para-hydroxylation sites is 1. The molecule has 0 radical (unpaired) electrons. The van der Waals surface area contributed by atoms with Gasteiger partial charge in [-0.3, -0.25) is 0 Å². The highest BCUT2D eigenvalue weighted by atomic mass is 35.5. The molecule has 2 aromatic rings. The molecule has 0 aliphatic carbocycles. The van der Waals surface area contributed by atoms with Gasteiger partial charge in [-0.2, -0.15) is 0 Å². The molecule has 0 spiro atoms. The van der Waals surface area contributed by atoms with Crippen LogP contribution in [0.3, 0.4) is 0 Å². The van der Waals surface area contributed by atoms with Crippen LogP contribution in [0.25, 0.3) is 11.0 Å². The van der Waals surface area contributed by atoms with Crippen molar-refractivity contribution in [1.82, 2.24) is 14.9 Å². The molecule has 1 unspecified atom stereocenters. The summed E-state index contributed by atoms with van der Waals surface area (Å²) in [5, 5.41) is 4.31. The van der Waals surface area contributed by atoms with E-state index in [-0.39, 0.29) is 5.41 Å². The molecule has 0 saturated carbocycles. The van der Waals surface area contributed by atoms with Gasteiger partial charge < -0.3 is 9.88 Å². The van der Waals surface area contributed by atoms with Crippen molar-refractivity contribution in [3.8, 4) is 0 Å². The van der Waals surface area contributed by atoms with Crippen molar-refractivity contribution in [1.29, 1.82) is 0 Å². The highest BCUT2D eigenvalue weighted by Crippen LogP contribution is 2.36. The van der Waals surface area contributed by atoms with Crippen LogP contribution in [0, 0.1) is 0 Å². The first-order valence-electron chi connectivity index (χ1n) is 7.00. The minimum atomic E-state index is 0.148. The maximum Gasteiger partial charge on any atom is 0.117 e. The van der Waals surface area contributed by atoms with Gasteiger partial charge in [0, 0.05) is 19.0 Å². The van der Waals surface area contributed by atoms with Gasteiger partial charge in [-0.05, 0) is 37.9 Å². The number of halogens is 1. The molecule has 1 aromatic carbocycles. The first-order chi connectivity index (χ1) is 9.18. The van der Waals surface area contributed by atoms with Crippen molar-refractivity contribution in [2.24, 2.45) is 7.05 Å². The van der Waals surface area contributed by atoms with E-state index in [4.69, 9.17) is 16.6 Å². The fourth-order valence-electron chi connectivity index (χ4n) is 3.31. The summed E-state index contributed by atoms with van der Waals surface area (Å²) in [5.74, 6) is 1.17. The normalized spacial score (nSPS) is 23.9. The molecule has 1 aliphatic heterocycles. The lowest BCUT2D eigenvalue weighted by atomic mass is 9.77. The molecule has 2 heterocycles. The van der Waals surface area contributed by atoms with Crippen LogP contribution in [0.4, 0.5) is 0 Å². The van der Waals surface area contributed by atoms with Gasteiger partial charge in [0.15, 0.2) is 0 Å². The fourth-order valence-corrected chi connectivity index (χ4v) is 3.61. The Bertz CT molecular complexity index is 597. The van der Waals surface area contributed by atoms with Crippen molar-refractivity contribution in [2.45, 2.75) is 31.6 Å². The largest absolute Gasteiger partial charge is 0.329 e. The Kier molecular flexibility index (Phi) is 3.27. The SMILES string of the molecule is CCC1(c2nc3cccc(Cl)c3n2C)CCCNC1. The molecule has 3 rings (SSSR count). The number of aromatic nitrogens is 2. The van der Waals surface area contributed by atoms with Gasteiger partial charge in [0.2, 0.25) is 0 Å². The Labute approximate surface area is 119 Å². The van der Waals surface area contributed by atoms with Gasteiger partial charge in [-0.15, -0.1) is 0 Å².